The number of para-hydroxylation sites is 1. The van der Waals surface area contributed by atoms with E-state index in [0.717, 1.165) is 22.7 Å². The van der Waals surface area contributed by atoms with Crippen molar-refractivity contribution < 1.29 is 4.79 Å². The molecular formula is C16H20BrN3O. The lowest BCUT2D eigenvalue weighted by atomic mass is 9.86. The zero-order chi connectivity index (χ0) is 14.8. The Labute approximate surface area is 133 Å². The molecule has 21 heavy (non-hydrogen) atoms. The molecule has 2 aromatic rings. The quantitative estimate of drug-likeness (QED) is 0.864. The van der Waals surface area contributed by atoms with Gasteiger partial charge < -0.3 is 5.32 Å². The van der Waals surface area contributed by atoms with E-state index in [0.29, 0.717) is 11.6 Å². The highest BCUT2D eigenvalue weighted by atomic mass is 79.9. The lowest BCUT2D eigenvalue weighted by molar-refractivity contribution is 0.0907. The van der Waals surface area contributed by atoms with Gasteiger partial charge in [0.25, 0.3) is 5.91 Å². The Hall–Kier alpha value is -1.36. The van der Waals surface area contributed by atoms with Crippen molar-refractivity contribution in [3.63, 3.8) is 0 Å². The second kappa shape index (κ2) is 6.18. The number of benzene rings is 1. The summed E-state index contributed by atoms with van der Waals surface area (Å²) in [6.07, 6.45) is 4.69. The van der Waals surface area contributed by atoms with Gasteiger partial charge >= 0.3 is 0 Å². The van der Waals surface area contributed by atoms with E-state index < -0.39 is 0 Å². The van der Waals surface area contributed by atoms with Crippen LogP contribution in [0.2, 0.25) is 0 Å². The van der Waals surface area contributed by atoms with Crippen LogP contribution < -0.4 is 5.32 Å². The summed E-state index contributed by atoms with van der Waals surface area (Å²) in [5, 5.41) is 9.46. The Balaban J connectivity index is 1.84. The van der Waals surface area contributed by atoms with Gasteiger partial charge in [0.15, 0.2) is 5.69 Å². The average Bonchev–Trinajstić information content (AvgIpc) is 2.86. The van der Waals surface area contributed by atoms with Crippen LogP contribution in [0.15, 0.2) is 24.3 Å². The molecule has 1 aliphatic rings. The van der Waals surface area contributed by atoms with Gasteiger partial charge in [-0.05, 0) is 24.8 Å². The zero-order valence-corrected chi connectivity index (χ0v) is 13.8. The molecule has 4 nitrogen and oxygen atoms in total. The minimum Gasteiger partial charge on any atom is -0.348 e. The van der Waals surface area contributed by atoms with Gasteiger partial charge in [-0.1, -0.05) is 47.0 Å². The molecule has 1 N–H and O–H groups in total. The summed E-state index contributed by atoms with van der Waals surface area (Å²) in [4.78, 5) is 12.6. The third-order valence-electron chi connectivity index (χ3n) is 4.40. The number of nitrogens with zero attached hydrogens (tertiary/aromatic N) is 2. The molecule has 0 saturated heterocycles. The van der Waals surface area contributed by atoms with Crippen LogP contribution in [0, 0.1) is 5.92 Å². The van der Waals surface area contributed by atoms with Crippen molar-refractivity contribution in [2.75, 3.05) is 5.33 Å². The summed E-state index contributed by atoms with van der Waals surface area (Å²) in [6.45, 7) is 0. The van der Waals surface area contributed by atoms with Gasteiger partial charge in [-0.3, -0.25) is 9.48 Å². The summed E-state index contributed by atoms with van der Waals surface area (Å²) in [6, 6.07) is 8.11. The number of nitrogens with one attached hydrogen (secondary N) is 1. The average molecular weight is 350 g/mol. The van der Waals surface area contributed by atoms with Gasteiger partial charge in [-0.2, -0.15) is 5.10 Å². The molecule has 1 aromatic carbocycles. The maximum atomic E-state index is 12.6. The van der Waals surface area contributed by atoms with Crippen molar-refractivity contribution in [3.05, 3.63) is 30.0 Å². The zero-order valence-electron chi connectivity index (χ0n) is 12.2. The minimum absolute atomic E-state index is 0.0513. The highest BCUT2D eigenvalue weighted by Crippen LogP contribution is 2.26. The normalized spacial score (nSPS) is 22.4. The SMILES string of the molecule is Cn1nc(C(=O)NC2CCCCC2CBr)c2ccccc21. The number of hydrogen-bond donors (Lipinski definition) is 1. The molecule has 0 radical (unpaired) electrons. The summed E-state index contributed by atoms with van der Waals surface area (Å²) >= 11 is 3.57. The predicted molar refractivity (Wildman–Crippen MR) is 87.7 cm³/mol. The van der Waals surface area contributed by atoms with Crippen molar-refractivity contribution >= 4 is 32.7 Å². The van der Waals surface area contributed by atoms with E-state index in [1.807, 2.05) is 31.3 Å². The van der Waals surface area contributed by atoms with Crippen LogP contribution in [0.5, 0.6) is 0 Å². The number of amides is 1. The molecule has 1 aromatic heterocycles. The van der Waals surface area contributed by atoms with Gasteiger partial charge in [0.05, 0.1) is 5.52 Å². The van der Waals surface area contributed by atoms with Crippen LogP contribution in [0.3, 0.4) is 0 Å². The van der Waals surface area contributed by atoms with Crippen molar-refractivity contribution in [3.8, 4) is 0 Å². The van der Waals surface area contributed by atoms with E-state index in [9.17, 15) is 4.79 Å². The number of aryl methyl sites for hydroxylation is 1. The maximum absolute atomic E-state index is 12.6. The Morgan fingerprint density at radius 1 is 1.38 bits per heavy atom. The molecule has 5 heteroatoms. The summed E-state index contributed by atoms with van der Waals surface area (Å²) in [5.74, 6) is 0.474. The maximum Gasteiger partial charge on any atom is 0.272 e. The van der Waals surface area contributed by atoms with E-state index in [4.69, 9.17) is 0 Å². The number of aromatic nitrogens is 2. The minimum atomic E-state index is -0.0513. The second-order valence-electron chi connectivity index (χ2n) is 5.77. The Morgan fingerprint density at radius 3 is 2.95 bits per heavy atom. The van der Waals surface area contributed by atoms with Crippen molar-refractivity contribution in [2.45, 2.75) is 31.7 Å². The summed E-state index contributed by atoms with van der Waals surface area (Å²) in [5.41, 5.74) is 1.52. The number of carbonyl (C=O) groups is 1. The fourth-order valence-electron chi connectivity index (χ4n) is 3.20. The Kier molecular flexibility index (Phi) is 4.29. The molecule has 112 valence electrons. The molecule has 2 atom stereocenters. The molecule has 1 heterocycles. The predicted octanol–water partition coefficient (Wildman–Crippen LogP) is 3.26. The Bertz CT molecular complexity index is 652. The number of fused-ring (bicyclic) bond motifs is 1. The number of alkyl halides is 1. The molecule has 1 saturated carbocycles. The highest BCUT2D eigenvalue weighted by Gasteiger charge is 2.27. The van der Waals surface area contributed by atoms with Crippen LogP contribution in [-0.2, 0) is 7.05 Å². The van der Waals surface area contributed by atoms with Crippen LogP contribution in [0.4, 0.5) is 0 Å². The molecule has 0 spiro atoms. The van der Waals surface area contributed by atoms with Gasteiger partial charge in [0.2, 0.25) is 0 Å². The van der Waals surface area contributed by atoms with Gasteiger partial charge in [-0.25, -0.2) is 0 Å². The number of hydrogen-bond acceptors (Lipinski definition) is 2. The first kappa shape index (κ1) is 14.6. The van der Waals surface area contributed by atoms with Gasteiger partial charge in [0, 0.05) is 23.8 Å². The molecular weight excluding hydrogens is 330 g/mol. The van der Waals surface area contributed by atoms with Crippen molar-refractivity contribution in [1.29, 1.82) is 0 Å². The van der Waals surface area contributed by atoms with E-state index in [1.54, 1.807) is 4.68 Å². The third kappa shape index (κ3) is 2.84. The molecule has 2 unspecified atom stereocenters. The monoisotopic (exact) mass is 349 g/mol. The molecule has 0 bridgehead atoms. The number of rotatable bonds is 3. The van der Waals surface area contributed by atoms with E-state index in [1.165, 1.54) is 19.3 Å². The second-order valence-corrected chi connectivity index (χ2v) is 6.42. The van der Waals surface area contributed by atoms with Crippen molar-refractivity contribution in [1.82, 2.24) is 15.1 Å². The first-order valence-corrected chi connectivity index (χ1v) is 8.61. The van der Waals surface area contributed by atoms with Crippen LogP contribution in [0.1, 0.15) is 36.2 Å². The summed E-state index contributed by atoms with van der Waals surface area (Å²) < 4.78 is 1.77. The fourth-order valence-corrected chi connectivity index (χ4v) is 3.98. The van der Waals surface area contributed by atoms with Crippen LogP contribution >= 0.6 is 15.9 Å². The smallest absolute Gasteiger partial charge is 0.272 e. The van der Waals surface area contributed by atoms with E-state index in [-0.39, 0.29) is 11.9 Å². The standard InChI is InChI=1S/C16H20BrN3O/c1-20-14-9-5-3-7-12(14)15(19-20)16(21)18-13-8-4-2-6-11(13)10-17/h3,5,7,9,11,13H,2,4,6,8,10H2,1H3,(H,18,21). The lowest BCUT2D eigenvalue weighted by Gasteiger charge is -2.30. The molecule has 0 aliphatic heterocycles. The first-order valence-electron chi connectivity index (χ1n) is 7.49. The molecule has 3 rings (SSSR count). The molecule has 1 amide bonds. The number of halogens is 1. The number of carbonyl (C=O) groups excluding carboxylic acids is 1. The van der Waals surface area contributed by atoms with E-state index >= 15 is 0 Å². The highest BCUT2D eigenvalue weighted by molar-refractivity contribution is 9.09. The first-order chi connectivity index (χ1) is 10.2. The molecule has 1 aliphatic carbocycles. The van der Waals surface area contributed by atoms with Gasteiger partial charge in [0.1, 0.15) is 0 Å². The fraction of sp³-hybridized carbons (Fsp3) is 0.500. The largest absolute Gasteiger partial charge is 0.348 e. The van der Waals surface area contributed by atoms with Crippen LogP contribution in [-0.4, -0.2) is 27.1 Å². The van der Waals surface area contributed by atoms with Gasteiger partial charge in [-0.15, -0.1) is 0 Å². The third-order valence-corrected chi connectivity index (χ3v) is 5.23. The molecule has 1 fully saturated rings. The van der Waals surface area contributed by atoms with E-state index in [2.05, 4.69) is 26.3 Å². The topological polar surface area (TPSA) is 46.9 Å². The lowest BCUT2D eigenvalue weighted by Crippen LogP contribution is -2.43. The van der Waals surface area contributed by atoms with Crippen molar-refractivity contribution in [2.24, 2.45) is 13.0 Å². The Morgan fingerprint density at radius 2 is 2.14 bits per heavy atom. The summed E-state index contributed by atoms with van der Waals surface area (Å²) in [7, 11) is 1.88. The van der Waals surface area contributed by atoms with Crippen LogP contribution in [0.25, 0.3) is 10.9 Å².